The number of hydrogen-bond acceptors (Lipinski definition) is 2. The van der Waals surface area contributed by atoms with Crippen LogP contribution in [0.15, 0.2) is 0 Å². The zero-order valence-corrected chi connectivity index (χ0v) is 8.26. The Bertz CT molecular complexity index is 230. The molecule has 1 aliphatic rings. The van der Waals surface area contributed by atoms with E-state index in [1.807, 2.05) is 0 Å². The quantitative estimate of drug-likeness (QED) is 0.795. The Hall–Kier alpha value is -0.780. The summed E-state index contributed by atoms with van der Waals surface area (Å²) in [4.78, 5) is 11.9. The number of hydrogen-bond donors (Lipinski definition) is 1. The molecular weight excluding hydrogens is 211 g/mol. The first-order valence-corrected chi connectivity index (χ1v) is 4.90. The molecule has 88 valence electrons. The van der Waals surface area contributed by atoms with Crippen molar-refractivity contribution in [2.45, 2.75) is 25.4 Å². The molecule has 0 aromatic heterocycles. The molecule has 1 unspecified atom stereocenters. The Balaban J connectivity index is 2.39. The van der Waals surface area contributed by atoms with Crippen molar-refractivity contribution in [3.05, 3.63) is 0 Å². The standard InChI is InChI=1S/C9H14F3NO2/c10-9(11,12)7-2-1-4-13(6-7)5-3-8(14)15/h7H,1-6H2,(H,14,15). The van der Waals surface area contributed by atoms with Crippen molar-refractivity contribution < 1.29 is 23.1 Å². The van der Waals surface area contributed by atoms with Crippen LogP contribution in [0.3, 0.4) is 0 Å². The molecule has 1 aliphatic heterocycles. The van der Waals surface area contributed by atoms with E-state index in [9.17, 15) is 18.0 Å². The van der Waals surface area contributed by atoms with E-state index in [0.29, 0.717) is 13.0 Å². The van der Waals surface area contributed by atoms with Gasteiger partial charge in [-0.1, -0.05) is 0 Å². The van der Waals surface area contributed by atoms with Crippen LogP contribution in [0, 0.1) is 5.92 Å². The third-order valence-corrected chi connectivity index (χ3v) is 2.61. The van der Waals surface area contributed by atoms with E-state index in [0.717, 1.165) is 0 Å². The Morgan fingerprint density at radius 2 is 2.13 bits per heavy atom. The Kier molecular flexibility index (Phi) is 3.96. The molecule has 0 aliphatic carbocycles. The first-order chi connectivity index (χ1) is 6.89. The zero-order chi connectivity index (χ0) is 11.5. The average molecular weight is 225 g/mol. The molecule has 0 aromatic carbocycles. The van der Waals surface area contributed by atoms with Crippen LogP contribution in [0.5, 0.6) is 0 Å². The topological polar surface area (TPSA) is 40.5 Å². The van der Waals surface area contributed by atoms with E-state index in [4.69, 9.17) is 5.11 Å². The summed E-state index contributed by atoms with van der Waals surface area (Å²) in [6, 6.07) is 0. The molecular formula is C9H14F3NO2. The summed E-state index contributed by atoms with van der Waals surface area (Å²) in [5.74, 6) is -2.26. The predicted octanol–water partition coefficient (Wildman–Crippen LogP) is 1.74. The van der Waals surface area contributed by atoms with Gasteiger partial charge in [0.05, 0.1) is 12.3 Å². The molecule has 1 fully saturated rings. The van der Waals surface area contributed by atoms with E-state index >= 15 is 0 Å². The van der Waals surface area contributed by atoms with Crippen molar-refractivity contribution in [1.29, 1.82) is 0 Å². The predicted molar refractivity (Wildman–Crippen MR) is 47.5 cm³/mol. The van der Waals surface area contributed by atoms with Crippen LogP contribution in [0.4, 0.5) is 13.2 Å². The smallest absolute Gasteiger partial charge is 0.393 e. The molecule has 6 heteroatoms. The molecule has 0 radical (unpaired) electrons. The van der Waals surface area contributed by atoms with Gasteiger partial charge in [-0.15, -0.1) is 0 Å². The van der Waals surface area contributed by atoms with E-state index in [1.165, 1.54) is 0 Å². The summed E-state index contributed by atoms with van der Waals surface area (Å²) in [5, 5.41) is 8.42. The van der Waals surface area contributed by atoms with Crippen LogP contribution in [-0.4, -0.2) is 41.8 Å². The van der Waals surface area contributed by atoms with Crippen molar-refractivity contribution >= 4 is 5.97 Å². The maximum Gasteiger partial charge on any atom is 0.393 e. The van der Waals surface area contributed by atoms with Gasteiger partial charge in [-0.3, -0.25) is 4.79 Å². The fourth-order valence-electron chi connectivity index (χ4n) is 1.78. The van der Waals surface area contributed by atoms with Crippen molar-refractivity contribution in [2.75, 3.05) is 19.6 Å². The number of carbonyl (C=O) groups is 1. The molecule has 0 aromatic rings. The highest BCUT2D eigenvalue weighted by atomic mass is 19.4. The maximum atomic E-state index is 12.4. The van der Waals surface area contributed by atoms with Crippen LogP contribution in [0.25, 0.3) is 0 Å². The second kappa shape index (κ2) is 4.83. The number of aliphatic carboxylic acids is 1. The maximum absolute atomic E-state index is 12.4. The fourth-order valence-corrected chi connectivity index (χ4v) is 1.78. The number of nitrogens with zero attached hydrogens (tertiary/aromatic N) is 1. The van der Waals surface area contributed by atoms with Crippen LogP contribution >= 0.6 is 0 Å². The highest BCUT2D eigenvalue weighted by molar-refractivity contribution is 5.66. The highest BCUT2D eigenvalue weighted by Gasteiger charge is 2.41. The SMILES string of the molecule is O=C(O)CCN1CCCC(C(F)(F)F)C1. The molecule has 1 atom stereocenters. The summed E-state index contributed by atoms with van der Waals surface area (Å²) < 4.78 is 37.1. The normalized spacial score (nSPS) is 24.1. The van der Waals surface area contributed by atoms with Crippen molar-refractivity contribution in [3.63, 3.8) is 0 Å². The highest BCUT2D eigenvalue weighted by Crippen LogP contribution is 2.32. The monoisotopic (exact) mass is 225 g/mol. The first kappa shape index (κ1) is 12.3. The van der Waals surface area contributed by atoms with Gasteiger partial charge in [0.2, 0.25) is 0 Å². The van der Waals surface area contributed by atoms with Gasteiger partial charge in [0.1, 0.15) is 0 Å². The average Bonchev–Trinajstić information content (AvgIpc) is 2.14. The molecule has 0 bridgehead atoms. The largest absolute Gasteiger partial charge is 0.481 e. The molecule has 15 heavy (non-hydrogen) atoms. The Labute approximate surface area is 85.9 Å². The molecule has 1 N–H and O–H groups in total. The minimum absolute atomic E-state index is 0.0588. The van der Waals surface area contributed by atoms with E-state index in [1.54, 1.807) is 4.90 Å². The van der Waals surface area contributed by atoms with Gasteiger partial charge in [0.15, 0.2) is 0 Å². The number of alkyl halides is 3. The zero-order valence-electron chi connectivity index (χ0n) is 8.26. The lowest BCUT2D eigenvalue weighted by Gasteiger charge is -2.33. The molecule has 0 spiro atoms. The lowest BCUT2D eigenvalue weighted by Crippen LogP contribution is -2.42. The lowest BCUT2D eigenvalue weighted by molar-refractivity contribution is -0.186. The van der Waals surface area contributed by atoms with Gasteiger partial charge in [-0.25, -0.2) is 0 Å². The van der Waals surface area contributed by atoms with Crippen molar-refractivity contribution in [2.24, 2.45) is 5.92 Å². The lowest BCUT2D eigenvalue weighted by atomic mass is 9.97. The van der Waals surface area contributed by atoms with E-state index < -0.39 is 18.1 Å². The molecule has 1 heterocycles. The summed E-state index contributed by atoms with van der Waals surface area (Å²) in [5.41, 5.74) is 0. The third-order valence-electron chi connectivity index (χ3n) is 2.61. The number of likely N-dealkylation sites (tertiary alicyclic amines) is 1. The minimum Gasteiger partial charge on any atom is -0.481 e. The molecule has 1 rings (SSSR count). The van der Waals surface area contributed by atoms with Gasteiger partial charge >= 0.3 is 12.1 Å². The molecule has 3 nitrogen and oxygen atoms in total. The molecule has 1 saturated heterocycles. The third kappa shape index (κ3) is 4.07. The van der Waals surface area contributed by atoms with Gasteiger partial charge in [-0.2, -0.15) is 13.2 Å². The Morgan fingerprint density at radius 1 is 1.47 bits per heavy atom. The number of piperidine rings is 1. The van der Waals surface area contributed by atoms with Crippen molar-refractivity contribution in [3.8, 4) is 0 Å². The van der Waals surface area contributed by atoms with Gasteiger partial charge in [0, 0.05) is 13.1 Å². The molecule has 0 saturated carbocycles. The number of carboxylic acid groups (broad SMARTS) is 1. The fraction of sp³-hybridized carbons (Fsp3) is 0.889. The van der Waals surface area contributed by atoms with Crippen molar-refractivity contribution in [1.82, 2.24) is 4.90 Å². The van der Waals surface area contributed by atoms with Crippen LogP contribution in [0.1, 0.15) is 19.3 Å². The summed E-state index contributed by atoms with van der Waals surface area (Å²) in [6.07, 6.45) is -3.59. The minimum atomic E-state index is -4.15. The number of halogens is 3. The van der Waals surface area contributed by atoms with Crippen LogP contribution in [0.2, 0.25) is 0 Å². The summed E-state index contributed by atoms with van der Waals surface area (Å²) in [7, 11) is 0. The summed E-state index contributed by atoms with van der Waals surface area (Å²) >= 11 is 0. The number of carboxylic acids is 1. The first-order valence-electron chi connectivity index (χ1n) is 4.90. The number of rotatable bonds is 3. The van der Waals surface area contributed by atoms with Crippen LogP contribution < -0.4 is 0 Å². The molecule has 0 amide bonds. The van der Waals surface area contributed by atoms with Gasteiger partial charge in [0.25, 0.3) is 0 Å². The van der Waals surface area contributed by atoms with E-state index in [2.05, 4.69) is 0 Å². The van der Waals surface area contributed by atoms with Gasteiger partial charge < -0.3 is 10.0 Å². The second-order valence-electron chi connectivity index (χ2n) is 3.83. The van der Waals surface area contributed by atoms with Crippen LogP contribution in [-0.2, 0) is 4.79 Å². The van der Waals surface area contributed by atoms with E-state index in [-0.39, 0.29) is 25.9 Å². The summed E-state index contributed by atoms with van der Waals surface area (Å²) in [6.45, 7) is 0.721. The second-order valence-corrected chi connectivity index (χ2v) is 3.83. The van der Waals surface area contributed by atoms with Gasteiger partial charge in [-0.05, 0) is 19.4 Å². The Morgan fingerprint density at radius 3 is 2.67 bits per heavy atom.